The maximum atomic E-state index is 4.47. The Labute approximate surface area is 122 Å². The molecule has 1 atom stereocenters. The quantitative estimate of drug-likeness (QED) is 0.793. The lowest BCUT2D eigenvalue weighted by atomic mass is 10.0. The monoisotopic (exact) mass is 283 g/mol. The zero-order valence-corrected chi connectivity index (χ0v) is 12.4. The Kier molecular flexibility index (Phi) is 3.67. The van der Waals surface area contributed by atoms with Crippen molar-refractivity contribution >= 4 is 11.3 Å². The summed E-state index contributed by atoms with van der Waals surface area (Å²) in [5.41, 5.74) is 4.90. The van der Waals surface area contributed by atoms with E-state index in [1.807, 2.05) is 36.1 Å². The minimum Gasteiger partial charge on any atom is -0.309 e. The van der Waals surface area contributed by atoms with Crippen LogP contribution in [-0.4, -0.2) is 16.8 Å². The van der Waals surface area contributed by atoms with Gasteiger partial charge in [0.05, 0.1) is 17.9 Å². The van der Waals surface area contributed by atoms with E-state index in [1.54, 1.807) is 11.3 Å². The van der Waals surface area contributed by atoms with Crippen molar-refractivity contribution in [3.05, 3.63) is 70.2 Å². The van der Waals surface area contributed by atoms with Crippen molar-refractivity contribution in [3.63, 3.8) is 0 Å². The second-order valence-electron chi connectivity index (χ2n) is 4.79. The Morgan fingerprint density at radius 3 is 2.65 bits per heavy atom. The van der Waals surface area contributed by atoms with Crippen LogP contribution in [-0.2, 0) is 0 Å². The molecule has 102 valence electrons. The van der Waals surface area contributed by atoms with Gasteiger partial charge in [-0.25, -0.2) is 4.68 Å². The van der Waals surface area contributed by atoms with Gasteiger partial charge in [0.1, 0.15) is 0 Å². The number of para-hydroxylation sites is 1. The first-order chi connectivity index (χ1) is 9.79. The molecule has 3 aromatic rings. The Morgan fingerprint density at radius 2 is 2.00 bits per heavy atom. The Balaban J connectivity index is 1.95. The van der Waals surface area contributed by atoms with Gasteiger partial charge in [0.25, 0.3) is 0 Å². The predicted molar refractivity (Wildman–Crippen MR) is 83.5 cm³/mol. The molecule has 0 aliphatic rings. The molecule has 0 bridgehead atoms. The van der Waals surface area contributed by atoms with Crippen LogP contribution in [0.25, 0.3) is 5.69 Å². The zero-order valence-electron chi connectivity index (χ0n) is 11.6. The van der Waals surface area contributed by atoms with Gasteiger partial charge in [0, 0.05) is 11.8 Å². The number of benzene rings is 1. The average molecular weight is 283 g/mol. The maximum absolute atomic E-state index is 4.47. The number of aromatic nitrogens is 2. The molecule has 3 nitrogen and oxygen atoms in total. The second-order valence-corrected chi connectivity index (χ2v) is 5.53. The summed E-state index contributed by atoms with van der Waals surface area (Å²) in [5.74, 6) is 0. The molecule has 0 aliphatic carbocycles. The summed E-state index contributed by atoms with van der Waals surface area (Å²) in [7, 11) is 1.99. The van der Waals surface area contributed by atoms with Crippen LogP contribution < -0.4 is 5.32 Å². The minimum absolute atomic E-state index is 0.193. The fraction of sp³-hybridized carbons (Fsp3) is 0.188. The molecule has 2 heterocycles. The average Bonchev–Trinajstić information content (AvgIpc) is 3.12. The van der Waals surface area contributed by atoms with E-state index in [-0.39, 0.29) is 6.04 Å². The first kappa shape index (κ1) is 13.1. The van der Waals surface area contributed by atoms with Gasteiger partial charge in [-0.3, -0.25) is 0 Å². The van der Waals surface area contributed by atoms with Crippen LogP contribution in [0, 0.1) is 6.92 Å². The maximum Gasteiger partial charge on any atom is 0.0645 e. The first-order valence-corrected chi connectivity index (χ1v) is 7.54. The number of rotatable bonds is 4. The molecule has 1 N–H and O–H groups in total. The number of thiophene rings is 1. The van der Waals surface area contributed by atoms with Gasteiger partial charge in [0.2, 0.25) is 0 Å². The molecule has 20 heavy (non-hydrogen) atoms. The van der Waals surface area contributed by atoms with E-state index in [2.05, 4.69) is 46.4 Å². The Morgan fingerprint density at radius 1 is 1.20 bits per heavy atom. The standard InChI is InChI=1S/C16H17N3S/c1-12-10-20-11-15(12)16(17-2)13-8-18-19(9-13)14-6-4-3-5-7-14/h3-11,16-17H,1-2H3. The van der Waals surface area contributed by atoms with Crippen molar-refractivity contribution in [1.82, 2.24) is 15.1 Å². The third kappa shape index (κ3) is 2.40. The van der Waals surface area contributed by atoms with E-state index in [0.717, 1.165) is 5.69 Å². The van der Waals surface area contributed by atoms with E-state index >= 15 is 0 Å². The molecule has 0 radical (unpaired) electrons. The summed E-state index contributed by atoms with van der Waals surface area (Å²) >= 11 is 1.74. The van der Waals surface area contributed by atoms with Gasteiger partial charge in [-0.15, -0.1) is 0 Å². The molecule has 1 aromatic carbocycles. The lowest BCUT2D eigenvalue weighted by Gasteiger charge is -2.14. The summed E-state index contributed by atoms with van der Waals surface area (Å²) in [6.07, 6.45) is 4.03. The predicted octanol–water partition coefficient (Wildman–Crippen LogP) is 3.55. The topological polar surface area (TPSA) is 29.9 Å². The summed E-state index contributed by atoms with van der Waals surface area (Å²) in [4.78, 5) is 0. The van der Waals surface area contributed by atoms with Crippen LogP contribution in [0.1, 0.15) is 22.7 Å². The first-order valence-electron chi connectivity index (χ1n) is 6.59. The number of hydrogen-bond acceptors (Lipinski definition) is 3. The van der Waals surface area contributed by atoms with E-state index in [4.69, 9.17) is 0 Å². The lowest BCUT2D eigenvalue weighted by Crippen LogP contribution is -2.17. The van der Waals surface area contributed by atoms with Gasteiger partial charge >= 0.3 is 0 Å². The van der Waals surface area contributed by atoms with Crippen molar-refractivity contribution in [2.24, 2.45) is 0 Å². The SMILES string of the molecule is CNC(c1cnn(-c2ccccc2)c1)c1cscc1C. The normalized spacial score (nSPS) is 12.5. The van der Waals surface area contributed by atoms with Crippen LogP contribution in [0.5, 0.6) is 0 Å². The fourth-order valence-electron chi connectivity index (χ4n) is 2.38. The molecule has 0 spiro atoms. The highest BCUT2D eigenvalue weighted by Gasteiger charge is 2.16. The Bertz CT molecular complexity index is 685. The molecular weight excluding hydrogens is 266 g/mol. The van der Waals surface area contributed by atoms with Gasteiger partial charge in [-0.1, -0.05) is 18.2 Å². The van der Waals surface area contributed by atoms with Crippen LogP contribution in [0.15, 0.2) is 53.5 Å². The van der Waals surface area contributed by atoms with Crippen LogP contribution >= 0.6 is 11.3 Å². The molecule has 0 amide bonds. The lowest BCUT2D eigenvalue weighted by molar-refractivity contribution is 0.690. The van der Waals surface area contributed by atoms with Gasteiger partial charge in [-0.2, -0.15) is 16.4 Å². The summed E-state index contributed by atoms with van der Waals surface area (Å²) in [6.45, 7) is 2.15. The molecule has 0 fully saturated rings. The molecule has 2 aromatic heterocycles. The number of aryl methyl sites for hydroxylation is 1. The van der Waals surface area contributed by atoms with Gasteiger partial charge in [-0.05, 0) is 48.0 Å². The molecular formula is C16H17N3S. The van der Waals surface area contributed by atoms with Crippen molar-refractivity contribution in [1.29, 1.82) is 0 Å². The third-order valence-electron chi connectivity index (χ3n) is 3.45. The number of nitrogens with one attached hydrogen (secondary N) is 1. The summed E-state index contributed by atoms with van der Waals surface area (Å²) in [5, 5.41) is 12.2. The fourth-order valence-corrected chi connectivity index (χ4v) is 3.25. The highest BCUT2D eigenvalue weighted by molar-refractivity contribution is 7.08. The van der Waals surface area contributed by atoms with Crippen molar-refractivity contribution in [3.8, 4) is 5.69 Å². The molecule has 4 heteroatoms. The summed E-state index contributed by atoms with van der Waals surface area (Å²) < 4.78 is 1.92. The van der Waals surface area contributed by atoms with E-state index < -0.39 is 0 Å². The number of hydrogen-bond donors (Lipinski definition) is 1. The molecule has 1 unspecified atom stereocenters. The highest BCUT2D eigenvalue weighted by atomic mass is 32.1. The zero-order chi connectivity index (χ0) is 13.9. The van der Waals surface area contributed by atoms with Crippen molar-refractivity contribution < 1.29 is 0 Å². The third-order valence-corrected chi connectivity index (χ3v) is 4.33. The minimum atomic E-state index is 0.193. The largest absolute Gasteiger partial charge is 0.309 e. The van der Waals surface area contributed by atoms with Gasteiger partial charge < -0.3 is 5.32 Å². The smallest absolute Gasteiger partial charge is 0.0645 e. The van der Waals surface area contributed by atoms with Crippen LogP contribution in [0.4, 0.5) is 0 Å². The molecule has 3 rings (SSSR count). The Hall–Kier alpha value is -1.91. The molecule has 0 saturated heterocycles. The van der Waals surface area contributed by atoms with E-state index in [0.29, 0.717) is 0 Å². The van der Waals surface area contributed by atoms with Crippen molar-refractivity contribution in [2.45, 2.75) is 13.0 Å². The highest BCUT2D eigenvalue weighted by Crippen LogP contribution is 2.27. The summed E-state index contributed by atoms with van der Waals surface area (Å²) in [6, 6.07) is 10.4. The van der Waals surface area contributed by atoms with E-state index in [1.165, 1.54) is 16.7 Å². The van der Waals surface area contributed by atoms with Gasteiger partial charge in [0.15, 0.2) is 0 Å². The molecule has 0 aliphatic heterocycles. The molecule has 0 saturated carbocycles. The van der Waals surface area contributed by atoms with Crippen LogP contribution in [0.3, 0.4) is 0 Å². The number of nitrogens with zero attached hydrogens (tertiary/aromatic N) is 2. The van der Waals surface area contributed by atoms with Crippen LogP contribution in [0.2, 0.25) is 0 Å². The van der Waals surface area contributed by atoms with E-state index in [9.17, 15) is 0 Å². The second kappa shape index (κ2) is 5.61. The van der Waals surface area contributed by atoms with Crippen molar-refractivity contribution in [2.75, 3.05) is 7.05 Å².